The van der Waals surface area contributed by atoms with Crippen LogP contribution >= 0.6 is 12.4 Å². The largest absolute Gasteiger partial charge is 0.344 e. The van der Waals surface area contributed by atoms with E-state index < -0.39 is 5.54 Å². The van der Waals surface area contributed by atoms with Crippen molar-refractivity contribution in [2.24, 2.45) is 11.7 Å². The van der Waals surface area contributed by atoms with E-state index in [1.807, 2.05) is 13.8 Å². The number of amides is 1. The first-order chi connectivity index (χ1) is 7.36. The molecule has 1 amide bonds. The maximum atomic E-state index is 11.7. The molecular weight excluding hydrogens is 244 g/mol. The Labute approximate surface area is 107 Å². The van der Waals surface area contributed by atoms with E-state index in [0.29, 0.717) is 18.3 Å². The molecule has 1 atom stereocenters. The Morgan fingerprint density at radius 1 is 1.59 bits per heavy atom. The van der Waals surface area contributed by atoms with Crippen molar-refractivity contribution in [1.29, 1.82) is 0 Å². The smallest absolute Gasteiger partial charge is 0.224 e. The van der Waals surface area contributed by atoms with Crippen LogP contribution < -0.4 is 11.1 Å². The van der Waals surface area contributed by atoms with Gasteiger partial charge in [-0.1, -0.05) is 12.1 Å². The van der Waals surface area contributed by atoms with Gasteiger partial charge < -0.3 is 15.6 Å². The van der Waals surface area contributed by atoms with Gasteiger partial charge in [-0.05, 0) is 13.8 Å². The summed E-state index contributed by atoms with van der Waals surface area (Å²) in [5, 5.41) is 6.63. The minimum atomic E-state index is -0.654. The van der Waals surface area contributed by atoms with Gasteiger partial charge in [-0.3, -0.25) is 4.79 Å². The van der Waals surface area contributed by atoms with Crippen LogP contribution in [0.3, 0.4) is 0 Å². The number of rotatable bonds is 4. The number of nitrogens with two attached hydrogens (primary N) is 1. The van der Waals surface area contributed by atoms with Gasteiger partial charge in [0.05, 0.1) is 5.54 Å². The van der Waals surface area contributed by atoms with Crippen LogP contribution in [0.15, 0.2) is 4.52 Å². The van der Waals surface area contributed by atoms with E-state index in [0.717, 1.165) is 0 Å². The fourth-order valence-corrected chi connectivity index (χ4v) is 1.15. The molecule has 1 aromatic rings. The molecule has 98 valence electrons. The summed E-state index contributed by atoms with van der Waals surface area (Å²) in [6.45, 7) is 7.42. The molecule has 0 aliphatic rings. The number of aromatic nitrogens is 2. The predicted molar refractivity (Wildman–Crippen MR) is 65.7 cm³/mol. The van der Waals surface area contributed by atoms with Crippen molar-refractivity contribution in [2.45, 2.75) is 33.2 Å². The zero-order valence-corrected chi connectivity index (χ0v) is 11.3. The zero-order valence-electron chi connectivity index (χ0n) is 10.5. The van der Waals surface area contributed by atoms with E-state index >= 15 is 0 Å². The van der Waals surface area contributed by atoms with Crippen molar-refractivity contribution in [1.82, 2.24) is 15.5 Å². The highest BCUT2D eigenvalue weighted by molar-refractivity contribution is 5.85. The standard InChI is InChI=1S/C10H18N4O2.ClH/c1-6(5-11)8(15)13-10(3,4)9-12-7(2)16-14-9;/h6H,5,11H2,1-4H3,(H,13,15);1H. The molecule has 0 spiro atoms. The normalized spacial score (nSPS) is 12.8. The summed E-state index contributed by atoms with van der Waals surface area (Å²) in [6, 6.07) is 0. The van der Waals surface area contributed by atoms with E-state index in [2.05, 4.69) is 15.5 Å². The predicted octanol–water partition coefficient (Wildman–Crippen LogP) is 0.746. The van der Waals surface area contributed by atoms with Crippen LogP contribution in [0.4, 0.5) is 0 Å². The molecule has 17 heavy (non-hydrogen) atoms. The van der Waals surface area contributed by atoms with E-state index in [1.165, 1.54) is 0 Å². The van der Waals surface area contributed by atoms with Crippen molar-refractivity contribution in [3.63, 3.8) is 0 Å². The molecule has 1 heterocycles. The summed E-state index contributed by atoms with van der Waals surface area (Å²) in [5.74, 6) is 0.592. The summed E-state index contributed by atoms with van der Waals surface area (Å²) in [7, 11) is 0. The number of nitrogens with one attached hydrogen (secondary N) is 1. The van der Waals surface area contributed by atoms with Gasteiger partial charge in [0.1, 0.15) is 0 Å². The van der Waals surface area contributed by atoms with Crippen molar-refractivity contribution in [3.05, 3.63) is 11.7 Å². The molecule has 0 aliphatic carbocycles. The first-order valence-corrected chi connectivity index (χ1v) is 5.19. The number of nitrogens with zero attached hydrogens (tertiary/aromatic N) is 2. The van der Waals surface area contributed by atoms with Crippen molar-refractivity contribution >= 4 is 18.3 Å². The van der Waals surface area contributed by atoms with Gasteiger partial charge in [0.25, 0.3) is 0 Å². The zero-order chi connectivity index (χ0) is 12.3. The SMILES string of the molecule is Cc1nc(C(C)(C)NC(=O)C(C)CN)no1.Cl. The van der Waals surface area contributed by atoms with Gasteiger partial charge in [0.2, 0.25) is 11.8 Å². The number of hydrogen-bond acceptors (Lipinski definition) is 5. The van der Waals surface area contributed by atoms with Gasteiger partial charge in [0.15, 0.2) is 5.82 Å². The quantitative estimate of drug-likeness (QED) is 0.835. The Morgan fingerprint density at radius 3 is 2.59 bits per heavy atom. The second-order valence-corrected chi connectivity index (χ2v) is 4.39. The minimum absolute atomic E-state index is 0. The van der Waals surface area contributed by atoms with Gasteiger partial charge in [-0.15, -0.1) is 12.4 Å². The van der Waals surface area contributed by atoms with Crippen LogP contribution in [-0.4, -0.2) is 22.6 Å². The van der Waals surface area contributed by atoms with Crippen molar-refractivity contribution < 1.29 is 9.32 Å². The lowest BCUT2D eigenvalue weighted by atomic mass is 10.0. The third-order valence-electron chi connectivity index (χ3n) is 2.32. The first kappa shape index (κ1) is 15.9. The average molecular weight is 263 g/mol. The second-order valence-electron chi connectivity index (χ2n) is 4.39. The molecule has 0 radical (unpaired) electrons. The Kier molecular flexibility index (Phi) is 5.57. The fourth-order valence-electron chi connectivity index (χ4n) is 1.15. The monoisotopic (exact) mass is 262 g/mol. The topological polar surface area (TPSA) is 94.0 Å². The number of aryl methyl sites for hydroxylation is 1. The van der Waals surface area contributed by atoms with E-state index in [-0.39, 0.29) is 24.2 Å². The molecule has 0 aromatic carbocycles. The third-order valence-corrected chi connectivity index (χ3v) is 2.32. The Bertz CT molecular complexity index is 378. The lowest BCUT2D eigenvalue weighted by Crippen LogP contribution is -2.45. The van der Waals surface area contributed by atoms with Crippen LogP contribution in [0.2, 0.25) is 0 Å². The third kappa shape index (κ3) is 3.98. The molecule has 1 rings (SSSR count). The highest BCUT2D eigenvalue weighted by Gasteiger charge is 2.29. The highest BCUT2D eigenvalue weighted by Crippen LogP contribution is 2.16. The number of hydrogen-bond donors (Lipinski definition) is 2. The molecule has 0 saturated heterocycles. The van der Waals surface area contributed by atoms with Gasteiger partial charge in [-0.25, -0.2) is 0 Å². The molecule has 0 aliphatic heterocycles. The van der Waals surface area contributed by atoms with Gasteiger partial charge >= 0.3 is 0 Å². The molecular formula is C10H19ClN4O2. The Morgan fingerprint density at radius 2 is 2.18 bits per heavy atom. The van der Waals surface area contributed by atoms with Crippen LogP contribution in [0, 0.1) is 12.8 Å². The summed E-state index contributed by atoms with van der Waals surface area (Å²) >= 11 is 0. The van der Waals surface area contributed by atoms with Crippen LogP contribution in [0.1, 0.15) is 32.5 Å². The molecule has 3 N–H and O–H groups in total. The van der Waals surface area contributed by atoms with E-state index in [4.69, 9.17) is 10.3 Å². The van der Waals surface area contributed by atoms with Crippen LogP contribution in [0.25, 0.3) is 0 Å². The van der Waals surface area contributed by atoms with Crippen LogP contribution in [0.5, 0.6) is 0 Å². The maximum Gasteiger partial charge on any atom is 0.224 e. The Balaban J connectivity index is 0.00000256. The minimum Gasteiger partial charge on any atom is -0.344 e. The molecule has 6 nitrogen and oxygen atoms in total. The number of carbonyl (C=O) groups is 1. The summed E-state index contributed by atoms with van der Waals surface area (Å²) < 4.78 is 4.88. The first-order valence-electron chi connectivity index (χ1n) is 5.19. The lowest BCUT2D eigenvalue weighted by molar-refractivity contribution is -0.126. The molecule has 1 unspecified atom stereocenters. The van der Waals surface area contributed by atoms with Crippen molar-refractivity contribution in [2.75, 3.05) is 6.54 Å². The Hall–Kier alpha value is -1.14. The summed E-state index contributed by atoms with van der Waals surface area (Å²) in [6.07, 6.45) is 0. The molecule has 1 aromatic heterocycles. The molecule has 0 bridgehead atoms. The fraction of sp³-hybridized carbons (Fsp3) is 0.700. The van der Waals surface area contributed by atoms with E-state index in [1.54, 1.807) is 13.8 Å². The lowest BCUT2D eigenvalue weighted by Gasteiger charge is -2.24. The molecule has 0 saturated carbocycles. The second kappa shape index (κ2) is 5.97. The number of carbonyl (C=O) groups excluding carboxylic acids is 1. The molecule has 7 heteroatoms. The maximum absolute atomic E-state index is 11.7. The van der Waals surface area contributed by atoms with Crippen LogP contribution in [-0.2, 0) is 10.3 Å². The van der Waals surface area contributed by atoms with Crippen molar-refractivity contribution in [3.8, 4) is 0 Å². The van der Waals surface area contributed by atoms with Gasteiger partial charge in [-0.2, -0.15) is 4.98 Å². The van der Waals surface area contributed by atoms with Gasteiger partial charge in [0, 0.05) is 19.4 Å². The highest BCUT2D eigenvalue weighted by atomic mass is 35.5. The number of halogens is 1. The summed E-state index contributed by atoms with van der Waals surface area (Å²) in [5.41, 5.74) is 4.77. The summed E-state index contributed by atoms with van der Waals surface area (Å²) in [4.78, 5) is 15.8. The van der Waals surface area contributed by atoms with E-state index in [9.17, 15) is 4.79 Å². The average Bonchev–Trinajstić information content (AvgIpc) is 2.63. The molecule has 0 fully saturated rings.